The van der Waals surface area contributed by atoms with Crippen LogP contribution in [0.2, 0.25) is 0 Å². The fourth-order valence-electron chi connectivity index (χ4n) is 1.58. The molecule has 14 heavy (non-hydrogen) atoms. The van der Waals surface area contributed by atoms with Gasteiger partial charge in [-0.05, 0) is 6.92 Å². The Labute approximate surface area is 88.2 Å². The molecule has 2 nitrogen and oxygen atoms in total. The highest BCUT2D eigenvalue weighted by atomic mass is 32.2. The average molecular weight is 224 g/mol. The lowest BCUT2D eigenvalue weighted by Gasteiger charge is -2.38. The Morgan fingerprint density at radius 1 is 1.50 bits per heavy atom. The molecule has 0 amide bonds. The molecule has 2 unspecified atom stereocenters. The molecule has 5 heteroatoms. The van der Waals surface area contributed by atoms with Crippen LogP contribution in [0.1, 0.15) is 13.8 Å². The summed E-state index contributed by atoms with van der Waals surface area (Å²) >= 11 is 1.85. The van der Waals surface area contributed by atoms with Crippen molar-refractivity contribution in [3.8, 4) is 0 Å². The predicted octanol–water partition coefficient (Wildman–Crippen LogP) is 1.41. The summed E-state index contributed by atoms with van der Waals surface area (Å²) in [7, 11) is 0. The summed E-state index contributed by atoms with van der Waals surface area (Å²) in [6.07, 6.45) is 0. The van der Waals surface area contributed by atoms with E-state index in [2.05, 4.69) is 6.92 Å². The molecule has 1 saturated heterocycles. The number of halogens is 2. The van der Waals surface area contributed by atoms with E-state index in [0.29, 0.717) is 5.25 Å². The lowest BCUT2D eigenvalue weighted by Crippen LogP contribution is -2.51. The van der Waals surface area contributed by atoms with Gasteiger partial charge in [0, 0.05) is 23.6 Å². The molecule has 0 aliphatic carbocycles. The van der Waals surface area contributed by atoms with E-state index in [4.69, 9.17) is 5.73 Å². The molecule has 0 saturated carbocycles. The molecule has 2 N–H and O–H groups in total. The predicted molar refractivity (Wildman–Crippen MR) is 57.0 cm³/mol. The highest BCUT2D eigenvalue weighted by molar-refractivity contribution is 8.00. The van der Waals surface area contributed by atoms with Crippen molar-refractivity contribution in [3.05, 3.63) is 0 Å². The molecule has 1 aliphatic heterocycles. The van der Waals surface area contributed by atoms with Crippen LogP contribution in [0.4, 0.5) is 8.78 Å². The summed E-state index contributed by atoms with van der Waals surface area (Å²) in [5.41, 5.74) is 5.02. The van der Waals surface area contributed by atoms with Gasteiger partial charge in [-0.2, -0.15) is 11.8 Å². The smallest absolute Gasteiger partial charge is 0.272 e. The molecule has 0 bridgehead atoms. The number of rotatable bonds is 3. The first-order chi connectivity index (χ1) is 6.46. The molecule has 84 valence electrons. The minimum absolute atomic E-state index is 0.199. The monoisotopic (exact) mass is 224 g/mol. The van der Waals surface area contributed by atoms with Crippen molar-refractivity contribution in [2.45, 2.75) is 31.1 Å². The third-order valence-electron chi connectivity index (χ3n) is 2.75. The summed E-state index contributed by atoms with van der Waals surface area (Å²) in [5.74, 6) is -1.80. The van der Waals surface area contributed by atoms with Gasteiger partial charge in [-0.3, -0.25) is 4.90 Å². The largest absolute Gasteiger partial charge is 0.325 e. The zero-order valence-corrected chi connectivity index (χ0v) is 9.49. The van der Waals surface area contributed by atoms with Gasteiger partial charge in [0.25, 0.3) is 5.92 Å². The summed E-state index contributed by atoms with van der Waals surface area (Å²) in [4.78, 5) is 1.84. The van der Waals surface area contributed by atoms with Crippen LogP contribution in [0, 0.1) is 0 Å². The zero-order valence-electron chi connectivity index (χ0n) is 8.67. The van der Waals surface area contributed by atoms with Crippen LogP contribution < -0.4 is 5.73 Å². The first kappa shape index (κ1) is 12.2. The third-order valence-corrected chi connectivity index (χ3v) is 4.09. The van der Waals surface area contributed by atoms with Crippen molar-refractivity contribution >= 4 is 11.8 Å². The molecular formula is C9H18F2N2S. The Hall–Kier alpha value is 0.130. The number of thioether (sulfide) groups is 1. The normalized spacial score (nSPS) is 30.6. The maximum Gasteiger partial charge on any atom is 0.272 e. The fourth-order valence-corrected chi connectivity index (χ4v) is 2.74. The van der Waals surface area contributed by atoms with Crippen molar-refractivity contribution < 1.29 is 8.78 Å². The Balaban J connectivity index is 2.51. The average Bonchev–Trinajstić information content (AvgIpc) is 2.13. The Morgan fingerprint density at radius 2 is 2.14 bits per heavy atom. The van der Waals surface area contributed by atoms with Crippen LogP contribution in [0.25, 0.3) is 0 Å². The lowest BCUT2D eigenvalue weighted by molar-refractivity contribution is -0.0316. The van der Waals surface area contributed by atoms with E-state index in [-0.39, 0.29) is 12.6 Å². The Kier molecular flexibility index (Phi) is 4.15. The summed E-state index contributed by atoms with van der Waals surface area (Å²) in [5, 5.41) is 0.428. The number of alkyl halides is 2. The van der Waals surface area contributed by atoms with Gasteiger partial charge in [-0.25, -0.2) is 8.78 Å². The number of nitrogens with two attached hydrogens (primary N) is 1. The topological polar surface area (TPSA) is 29.3 Å². The van der Waals surface area contributed by atoms with Crippen LogP contribution in [0.3, 0.4) is 0 Å². The third kappa shape index (κ3) is 3.07. The minimum Gasteiger partial charge on any atom is -0.325 e. The maximum absolute atomic E-state index is 13.1. The maximum atomic E-state index is 13.1. The van der Waals surface area contributed by atoms with Crippen LogP contribution in [0.5, 0.6) is 0 Å². The van der Waals surface area contributed by atoms with E-state index < -0.39 is 12.5 Å². The van der Waals surface area contributed by atoms with Crippen molar-refractivity contribution in [3.63, 3.8) is 0 Å². The van der Waals surface area contributed by atoms with Gasteiger partial charge in [0.05, 0.1) is 13.1 Å². The minimum atomic E-state index is -2.74. The Morgan fingerprint density at radius 3 is 2.71 bits per heavy atom. The number of nitrogens with zero attached hydrogens (tertiary/aromatic N) is 1. The quantitative estimate of drug-likeness (QED) is 0.786. The van der Waals surface area contributed by atoms with Gasteiger partial charge in [0.1, 0.15) is 0 Å². The van der Waals surface area contributed by atoms with Gasteiger partial charge in [-0.15, -0.1) is 0 Å². The highest BCUT2D eigenvalue weighted by Gasteiger charge is 2.34. The van der Waals surface area contributed by atoms with Crippen molar-refractivity contribution in [1.29, 1.82) is 0 Å². The molecule has 0 radical (unpaired) electrons. The molecule has 1 heterocycles. The van der Waals surface area contributed by atoms with Crippen LogP contribution in [-0.4, -0.2) is 47.5 Å². The van der Waals surface area contributed by atoms with Gasteiger partial charge in [0.15, 0.2) is 0 Å². The van der Waals surface area contributed by atoms with Gasteiger partial charge < -0.3 is 5.73 Å². The van der Waals surface area contributed by atoms with Crippen molar-refractivity contribution in [1.82, 2.24) is 4.90 Å². The molecule has 0 spiro atoms. The Bertz CT molecular complexity index is 190. The van der Waals surface area contributed by atoms with E-state index in [0.717, 1.165) is 12.3 Å². The second kappa shape index (κ2) is 4.77. The van der Waals surface area contributed by atoms with E-state index in [9.17, 15) is 8.78 Å². The first-order valence-electron chi connectivity index (χ1n) is 4.90. The van der Waals surface area contributed by atoms with Gasteiger partial charge in [0.2, 0.25) is 0 Å². The summed E-state index contributed by atoms with van der Waals surface area (Å²) in [6, 6.07) is 0.214. The van der Waals surface area contributed by atoms with Crippen LogP contribution >= 0.6 is 11.8 Å². The standard InChI is InChI=1S/C9H18F2N2S/c1-7-8(2)14-4-3-13(7)6-9(10,11)5-12/h7-8H,3-6,12H2,1-2H3. The molecular weight excluding hydrogens is 206 g/mol. The van der Waals surface area contributed by atoms with Crippen molar-refractivity contribution in [2.24, 2.45) is 5.73 Å². The first-order valence-corrected chi connectivity index (χ1v) is 5.95. The van der Waals surface area contributed by atoms with Gasteiger partial charge in [-0.1, -0.05) is 6.92 Å². The molecule has 1 rings (SSSR count). The van der Waals surface area contributed by atoms with Crippen molar-refractivity contribution in [2.75, 3.05) is 25.4 Å². The van der Waals surface area contributed by atoms with Crippen LogP contribution in [-0.2, 0) is 0 Å². The molecule has 1 fully saturated rings. The SMILES string of the molecule is CC1SCCN(CC(F)(F)CN)C1C. The fraction of sp³-hybridized carbons (Fsp3) is 1.00. The molecule has 2 atom stereocenters. The molecule has 0 aromatic rings. The van der Waals surface area contributed by atoms with E-state index in [1.165, 1.54) is 0 Å². The summed E-state index contributed by atoms with van der Waals surface area (Å²) in [6.45, 7) is 4.07. The number of hydrogen-bond donors (Lipinski definition) is 1. The zero-order chi connectivity index (χ0) is 10.8. The molecule has 0 aromatic carbocycles. The van der Waals surface area contributed by atoms with E-state index in [1.54, 1.807) is 0 Å². The number of hydrogen-bond acceptors (Lipinski definition) is 3. The molecule has 0 aromatic heterocycles. The lowest BCUT2D eigenvalue weighted by atomic mass is 10.2. The second-order valence-electron chi connectivity index (χ2n) is 3.85. The van der Waals surface area contributed by atoms with Gasteiger partial charge >= 0.3 is 0 Å². The van der Waals surface area contributed by atoms with E-state index in [1.807, 2.05) is 23.6 Å². The highest BCUT2D eigenvalue weighted by Crippen LogP contribution is 2.26. The van der Waals surface area contributed by atoms with E-state index >= 15 is 0 Å². The van der Waals surface area contributed by atoms with Crippen LogP contribution in [0.15, 0.2) is 0 Å². The summed E-state index contributed by atoms with van der Waals surface area (Å²) < 4.78 is 26.1. The second-order valence-corrected chi connectivity index (χ2v) is 5.33. The molecule has 1 aliphatic rings.